The molecule has 78 valence electrons. The van der Waals surface area contributed by atoms with Gasteiger partial charge in [-0.15, -0.1) is 0 Å². The molecule has 0 radical (unpaired) electrons. The van der Waals surface area contributed by atoms with Crippen molar-refractivity contribution in [1.29, 1.82) is 0 Å². The van der Waals surface area contributed by atoms with Crippen LogP contribution in [0, 0.1) is 0 Å². The molecule has 14 heavy (non-hydrogen) atoms. The van der Waals surface area contributed by atoms with E-state index in [2.05, 4.69) is 0 Å². The molecule has 0 aliphatic carbocycles. The van der Waals surface area contributed by atoms with E-state index in [0.29, 0.717) is 23.9 Å². The van der Waals surface area contributed by atoms with Gasteiger partial charge in [-0.1, -0.05) is 11.6 Å². The molecule has 0 saturated heterocycles. The topological polar surface area (TPSA) is 44.5 Å². The molecule has 1 rings (SSSR count). The highest BCUT2D eigenvalue weighted by Gasteiger charge is 2.08. The number of methoxy groups -OCH3 is 1. The molecule has 0 spiro atoms. The summed E-state index contributed by atoms with van der Waals surface area (Å²) in [6.07, 6.45) is 0. The Labute approximate surface area is 88.8 Å². The third-order valence-corrected chi connectivity index (χ3v) is 2.15. The van der Waals surface area contributed by atoms with Crippen molar-refractivity contribution < 1.29 is 9.47 Å². The summed E-state index contributed by atoms with van der Waals surface area (Å²) in [6.45, 7) is 2.91. The van der Waals surface area contributed by atoms with Gasteiger partial charge in [0, 0.05) is 18.2 Å². The third kappa shape index (κ3) is 2.30. The lowest BCUT2D eigenvalue weighted by atomic mass is 10.2. The second kappa shape index (κ2) is 5.08. The zero-order valence-electron chi connectivity index (χ0n) is 8.34. The lowest BCUT2D eigenvalue weighted by Gasteiger charge is -2.11. The Kier molecular flexibility index (Phi) is 4.04. The fourth-order valence-electron chi connectivity index (χ4n) is 1.18. The Morgan fingerprint density at radius 3 is 2.57 bits per heavy atom. The van der Waals surface area contributed by atoms with Crippen LogP contribution < -0.4 is 15.2 Å². The van der Waals surface area contributed by atoms with Gasteiger partial charge in [-0.05, 0) is 13.0 Å². The highest BCUT2D eigenvalue weighted by atomic mass is 35.5. The number of nitrogens with two attached hydrogens (primary N) is 1. The molecule has 0 saturated carbocycles. The average Bonchev–Trinajstić information content (AvgIpc) is 2.20. The molecule has 0 amide bonds. The van der Waals surface area contributed by atoms with E-state index in [-0.39, 0.29) is 0 Å². The normalized spacial score (nSPS) is 10.0. The smallest absolute Gasteiger partial charge is 0.141 e. The summed E-state index contributed by atoms with van der Waals surface area (Å²) in [5, 5.41) is 0.552. The molecule has 4 heteroatoms. The quantitative estimate of drug-likeness (QED) is 0.838. The Morgan fingerprint density at radius 2 is 2.07 bits per heavy atom. The minimum Gasteiger partial charge on any atom is -0.495 e. The molecule has 0 fully saturated rings. The van der Waals surface area contributed by atoms with Crippen LogP contribution in [0.2, 0.25) is 5.02 Å². The molecule has 1 aromatic carbocycles. The summed E-state index contributed by atoms with van der Waals surface area (Å²) in [4.78, 5) is 0. The zero-order valence-corrected chi connectivity index (χ0v) is 9.10. The minimum atomic E-state index is 0.402. The molecule has 3 nitrogen and oxygen atoms in total. The molecule has 0 aromatic heterocycles. The molecule has 0 atom stereocenters. The lowest BCUT2D eigenvalue weighted by molar-refractivity contribution is 0.332. The van der Waals surface area contributed by atoms with Gasteiger partial charge in [0.05, 0.1) is 18.7 Å². The molecule has 0 heterocycles. The van der Waals surface area contributed by atoms with E-state index in [1.807, 2.05) is 6.92 Å². The number of rotatable bonds is 4. The maximum Gasteiger partial charge on any atom is 0.141 e. The first kappa shape index (κ1) is 11.1. The fourth-order valence-corrected chi connectivity index (χ4v) is 1.45. The van der Waals surface area contributed by atoms with Crippen LogP contribution in [0.5, 0.6) is 11.5 Å². The van der Waals surface area contributed by atoms with Crippen molar-refractivity contribution >= 4 is 11.6 Å². The van der Waals surface area contributed by atoms with Gasteiger partial charge in [0.2, 0.25) is 0 Å². The first-order valence-electron chi connectivity index (χ1n) is 4.42. The van der Waals surface area contributed by atoms with Gasteiger partial charge in [-0.2, -0.15) is 0 Å². The number of ether oxygens (including phenoxy) is 2. The van der Waals surface area contributed by atoms with E-state index < -0.39 is 0 Å². The Morgan fingerprint density at radius 1 is 1.36 bits per heavy atom. The van der Waals surface area contributed by atoms with Gasteiger partial charge in [0.15, 0.2) is 0 Å². The van der Waals surface area contributed by atoms with E-state index in [0.717, 1.165) is 11.3 Å². The maximum atomic E-state index is 5.94. The molecule has 0 unspecified atom stereocenters. The summed E-state index contributed by atoms with van der Waals surface area (Å²) >= 11 is 5.94. The van der Waals surface area contributed by atoms with E-state index in [1.165, 1.54) is 0 Å². The molecule has 0 aliphatic heterocycles. The van der Waals surface area contributed by atoms with Crippen LogP contribution in [0.1, 0.15) is 12.5 Å². The van der Waals surface area contributed by atoms with Crippen LogP contribution >= 0.6 is 11.6 Å². The summed E-state index contributed by atoms with van der Waals surface area (Å²) in [5.74, 6) is 1.34. The summed E-state index contributed by atoms with van der Waals surface area (Å²) in [5.41, 5.74) is 6.45. The number of benzene rings is 1. The van der Waals surface area contributed by atoms with Crippen LogP contribution in [0.4, 0.5) is 0 Å². The van der Waals surface area contributed by atoms with Crippen molar-refractivity contribution in [2.24, 2.45) is 5.73 Å². The first-order valence-corrected chi connectivity index (χ1v) is 4.80. The first-order chi connectivity index (χ1) is 6.72. The Hall–Kier alpha value is -0.930. The predicted molar refractivity (Wildman–Crippen MR) is 57.1 cm³/mol. The Balaban J connectivity index is 3.11. The second-order valence-electron chi connectivity index (χ2n) is 2.73. The van der Waals surface area contributed by atoms with Crippen LogP contribution in [-0.4, -0.2) is 13.7 Å². The van der Waals surface area contributed by atoms with E-state index in [9.17, 15) is 0 Å². The number of hydrogen-bond acceptors (Lipinski definition) is 3. The molecule has 0 bridgehead atoms. The van der Waals surface area contributed by atoms with Crippen molar-refractivity contribution in [3.8, 4) is 11.5 Å². The van der Waals surface area contributed by atoms with Gasteiger partial charge >= 0.3 is 0 Å². The molecule has 1 aromatic rings. The average molecular weight is 216 g/mol. The zero-order chi connectivity index (χ0) is 10.6. The lowest BCUT2D eigenvalue weighted by Crippen LogP contribution is -2.02. The van der Waals surface area contributed by atoms with E-state index in [4.69, 9.17) is 26.8 Å². The SMILES string of the molecule is CCOc1cc(OC)c(Cl)cc1CN. The van der Waals surface area contributed by atoms with E-state index in [1.54, 1.807) is 19.2 Å². The van der Waals surface area contributed by atoms with Crippen molar-refractivity contribution in [2.75, 3.05) is 13.7 Å². The molecular formula is C10H14ClNO2. The fraction of sp³-hybridized carbons (Fsp3) is 0.400. The monoisotopic (exact) mass is 215 g/mol. The van der Waals surface area contributed by atoms with Crippen molar-refractivity contribution in [2.45, 2.75) is 13.5 Å². The summed E-state index contributed by atoms with van der Waals surface area (Å²) in [6, 6.07) is 3.53. The van der Waals surface area contributed by atoms with Gasteiger partial charge in [-0.25, -0.2) is 0 Å². The standard InChI is InChI=1S/C10H14ClNO2/c1-3-14-9-5-10(13-2)8(11)4-7(9)6-12/h4-5H,3,6,12H2,1-2H3. The van der Waals surface area contributed by atoms with Gasteiger partial charge in [-0.3, -0.25) is 0 Å². The highest BCUT2D eigenvalue weighted by Crippen LogP contribution is 2.32. The van der Waals surface area contributed by atoms with E-state index >= 15 is 0 Å². The second-order valence-corrected chi connectivity index (χ2v) is 3.14. The van der Waals surface area contributed by atoms with Gasteiger partial charge in [0.1, 0.15) is 11.5 Å². The summed E-state index contributed by atoms with van der Waals surface area (Å²) < 4.78 is 10.5. The van der Waals surface area contributed by atoms with Crippen LogP contribution in [0.3, 0.4) is 0 Å². The summed E-state index contributed by atoms with van der Waals surface area (Å²) in [7, 11) is 1.57. The van der Waals surface area contributed by atoms with Crippen LogP contribution in [0.15, 0.2) is 12.1 Å². The predicted octanol–water partition coefficient (Wildman–Crippen LogP) is 2.21. The number of hydrogen-bond donors (Lipinski definition) is 1. The van der Waals surface area contributed by atoms with Crippen molar-refractivity contribution in [1.82, 2.24) is 0 Å². The van der Waals surface area contributed by atoms with Crippen molar-refractivity contribution in [3.63, 3.8) is 0 Å². The van der Waals surface area contributed by atoms with Gasteiger partial charge < -0.3 is 15.2 Å². The molecule has 2 N–H and O–H groups in total. The van der Waals surface area contributed by atoms with Crippen molar-refractivity contribution in [3.05, 3.63) is 22.7 Å². The largest absolute Gasteiger partial charge is 0.495 e. The minimum absolute atomic E-state index is 0.402. The Bertz CT molecular complexity index is 315. The third-order valence-electron chi connectivity index (χ3n) is 1.85. The van der Waals surface area contributed by atoms with Crippen LogP contribution in [-0.2, 0) is 6.54 Å². The highest BCUT2D eigenvalue weighted by molar-refractivity contribution is 6.32. The maximum absolute atomic E-state index is 5.94. The molecule has 0 aliphatic rings. The van der Waals surface area contributed by atoms with Gasteiger partial charge in [0.25, 0.3) is 0 Å². The van der Waals surface area contributed by atoms with Crippen LogP contribution in [0.25, 0.3) is 0 Å². The molecular weight excluding hydrogens is 202 g/mol. The number of halogens is 1.